The van der Waals surface area contributed by atoms with E-state index in [2.05, 4.69) is 27.8 Å². The van der Waals surface area contributed by atoms with Gasteiger partial charge in [-0.05, 0) is 53.1 Å². The molecule has 12 heteroatoms. The van der Waals surface area contributed by atoms with Crippen LogP contribution in [-0.4, -0.2) is 99.3 Å². The number of benzene rings is 2. The Bertz CT molecular complexity index is 1380. The van der Waals surface area contributed by atoms with Crippen molar-refractivity contribution in [1.29, 1.82) is 0 Å². The van der Waals surface area contributed by atoms with E-state index in [0.29, 0.717) is 82.8 Å². The van der Waals surface area contributed by atoms with Crippen molar-refractivity contribution in [2.75, 3.05) is 59.2 Å². The Morgan fingerprint density at radius 2 is 1.13 bits per heavy atom. The third-order valence-electron chi connectivity index (χ3n) is 6.35. The first kappa shape index (κ1) is 50.3. The van der Waals surface area contributed by atoms with Crippen LogP contribution in [0, 0.1) is 24.7 Å². The van der Waals surface area contributed by atoms with Gasteiger partial charge < -0.3 is 35.3 Å². The van der Waals surface area contributed by atoms with Crippen LogP contribution >= 0.6 is 0 Å². The van der Waals surface area contributed by atoms with Gasteiger partial charge in [-0.25, -0.2) is 4.79 Å². The summed E-state index contributed by atoms with van der Waals surface area (Å²) in [6.07, 6.45) is 12.7. The van der Waals surface area contributed by atoms with Crippen LogP contribution in [0.5, 0.6) is 0 Å². The number of aliphatic carboxylic acids is 1. The molecule has 0 unspecified atom stereocenters. The van der Waals surface area contributed by atoms with Crippen molar-refractivity contribution in [2.24, 2.45) is 0 Å². The number of nitrogens with one attached hydrogen (secondary N) is 3. The molecule has 2 aromatic carbocycles. The molecule has 0 heterocycles. The standard InChI is InChI=1S/C18H23NO3.C12H15NO3.C10H17NO3.CH4/c1-2-13-22-14-7-11-17(20)10-6-12-19-15-18(21)16-8-4-3-5-9-16;14-11(10-5-2-1-3-6-10)9-13-8-4-7-12(15)16;1-5-7-13-8-6-11-9(12)14-10(2,3)4;/h1,3-5,8-9,19H,6-7,10-15H2;1-3,5-6,13H,4,7-9H2,(H,15,16);1H,6-8H2,2-4H3,(H,11,12);1H4. The Balaban J connectivity index is 0. The second kappa shape index (κ2) is 33.0. The molecule has 0 fully saturated rings. The van der Waals surface area contributed by atoms with E-state index in [4.69, 9.17) is 32.2 Å². The third kappa shape index (κ3) is 32.8. The Hall–Kier alpha value is -4.85. The highest BCUT2D eigenvalue weighted by Gasteiger charge is 2.15. The first-order chi connectivity index (χ1) is 24.9. The van der Waals surface area contributed by atoms with Crippen molar-refractivity contribution >= 4 is 29.4 Å². The number of carboxylic acid groups (broad SMARTS) is 1. The molecule has 0 radical (unpaired) electrons. The van der Waals surface area contributed by atoms with E-state index in [-0.39, 0.29) is 44.3 Å². The summed E-state index contributed by atoms with van der Waals surface area (Å²) in [7, 11) is 0. The molecule has 2 rings (SSSR count). The van der Waals surface area contributed by atoms with Gasteiger partial charge >= 0.3 is 12.1 Å². The lowest BCUT2D eigenvalue weighted by molar-refractivity contribution is -0.137. The van der Waals surface area contributed by atoms with Crippen LogP contribution in [0.1, 0.15) is 87.4 Å². The maximum Gasteiger partial charge on any atom is 0.407 e. The molecule has 0 bridgehead atoms. The van der Waals surface area contributed by atoms with Crippen LogP contribution in [0.15, 0.2) is 60.7 Å². The summed E-state index contributed by atoms with van der Waals surface area (Å²) in [6.45, 7) is 9.07. The number of ketones is 3. The van der Waals surface area contributed by atoms with Gasteiger partial charge in [-0.1, -0.05) is 79.9 Å². The average molecular weight is 738 g/mol. The second-order valence-corrected chi connectivity index (χ2v) is 12.1. The summed E-state index contributed by atoms with van der Waals surface area (Å²) in [4.78, 5) is 56.3. The minimum Gasteiger partial charge on any atom is -0.481 e. The van der Waals surface area contributed by atoms with Crippen molar-refractivity contribution in [2.45, 2.75) is 72.3 Å². The zero-order chi connectivity index (χ0) is 38.9. The molecule has 0 saturated heterocycles. The average Bonchev–Trinajstić information content (AvgIpc) is 3.11. The summed E-state index contributed by atoms with van der Waals surface area (Å²) in [5.41, 5.74) is 0.912. The monoisotopic (exact) mass is 737 g/mol. The topological polar surface area (TPSA) is 169 Å². The lowest BCUT2D eigenvalue weighted by Crippen LogP contribution is -2.34. The van der Waals surface area contributed by atoms with Crippen LogP contribution in [0.2, 0.25) is 0 Å². The van der Waals surface area contributed by atoms with Gasteiger partial charge in [-0.3, -0.25) is 19.2 Å². The number of amides is 1. The summed E-state index contributed by atoms with van der Waals surface area (Å²) < 4.78 is 15.1. The Morgan fingerprint density at radius 3 is 1.58 bits per heavy atom. The van der Waals surface area contributed by atoms with E-state index >= 15 is 0 Å². The van der Waals surface area contributed by atoms with Crippen molar-refractivity contribution in [1.82, 2.24) is 16.0 Å². The van der Waals surface area contributed by atoms with Crippen molar-refractivity contribution in [3.63, 3.8) is 0 Å². The maximum absolute atomic E-state index is 11.8. The van der Waals surface area contributed by atoms with E-state index in [9.17, 15) is 24.0 Å². The van der Waals surface area contributed by atoms with Crippen LogP contribution < -0.4 is 16.0 Å². The Kier molecular flexibility index (Phi) is 31.3. The fourth-order valence-electron chi connectivity index (χ4n) is 3.93. The van der Waals surface area contributed by atoms with Gasteiger partial charge in [0.05, 0.1) is 19.7 Å². The van der Waals surface area contributed by atoms with Gasteiger partial charge in [0.25, 0.3) is 0 Å². The molecule has 292 valence electrons. The summed E-state index contributed by atoms with van der Waals surface area (Å²) >= 11 is 0. The summed E-state index contributed by atoms with van der Waals surface area (Å²) in [5.74, 6) is 4.21. The van der Waals surface area contributed by atoms with Gasteiger partial charge in [0, 0.05) is 43.5 Å². The Labute approximate surface area is 316 Å². The molecule has 0 atom stereocenters. The lowest BCUT2D eigenvalue weighted by atomic mass is 10.1. The van der Waals surface area contributed by atoms with Crippen LogP contribution in [0.4, 0.5) is 4.79 Å². The van der Waals surface area contributed by atoms with Crippen LogP contribution in [-0.2, 0) is 23.8 Å². The number of hydrogen-bond donors (Lipinski definition) is 4. The van der Waals surface area contributed by atoms with Crippen molar-refractivity contribution in [3.05, 3.63) is 71.8 Å². The SMILES string of the molecule is C.C#CCOCCCC(=O)CCCNCC(=O)c1ccccc1.C#CCOCCNC(=O)OC(C)(C)C.O=C(O)CCCNCC(=O)c1ccccc1. The molecule has 2 aromatic rings. The number of carbonyl (C=O) groups excluding carboxylic acids is 4. The maximum atomic E-state index is 11.8. The number of ether oxygens (including phenoxy) is 3. The molecular weight excluding hydrogens is 678 g/mol. The molecular formula is C41H59N3O9. The molecule has 12 nitrogen and oxygen atoms in total. The first-order valence-corrected chi connectivity index (χ1v) is 17.2. The highest BCUT2D eigenvalue weighted by molar-refractivity contribution is 5.98. The second-order valence-electron chi connectivity index (χ2n) is 12.1. The zero-order valence-electron chi connectivity index (χ0n) is 30.7. The van der Waals surface area contributed by atoms with Gasteiger partial charge in [0.15, 0.2) is 11.6 Å². The molecule has 53 heavy (non-hydrogen) atoms. The van der Waals surface area contributed by atoms with Gasteiger partial charge in [0.2, 0.25) is 0 Å². The smallest absolute Gasteiger partial charge is 0.407 e. The number of Topliss-reactive ketones (excluding diaryl/α,β-unsaturated/α-hetero) is 3. The van der Waals surface area contributed by atoms with E-state index in [1.54, 1.807) is 45.0 Å². The van der Waals surface area contributed by atoms with E-state index in [0.717, 1.165) is 6.42 Å². The van der Waals surface area contributed by atoms with E-state index in [1.165, 1.54) is 0 Å². The summed E-state index contributed by atoms with van der Waals surface area (Å²) in [6, 6.07) is 18.2. The summed E-state index contributed by atoms with van der Waals surface area (Å²) in [5, 5.41) is 16.9. The number of terminal acetylenes is 2. The Morgan fingerprint density at radius 1 is 0.679 bits per heavy atom. The quantitative estimate of drug-likeness (QED) is 0.0658. The molecule has 0 spiro atoms. The van der Waals surface area contributed by atoms with E-state index in [1.807, 2.05) is 36.4 Å². The van der Waals surface area contributed by atoms with Crippen molar-refractivity contribution in [3.8, 4) is 24.7 Å². The molecule has 0 aliphatic heterocycles. The number of rotatable bonds is 23. The number of carboxylic acids is 1. The fourth-order valence-corrected chi connectivity index (χ4v) is 3.93. The number of carbonyl (C=O) groups is 5. The lowest BCUT2D eigenvalue weighted by Gasteiger charge is -2.19. The normalized spacial score (nSPS) is 9.98. The van der Waals surface area contributed by atoms with E-state index < -0.39 is 17.7 Å². The molecule has 0 aliphatic rings. The van der Waals surface area contributed by atoms with Crippen LogP contribution in [0.3, 0.4) is 0 Å². The minimum absolute atomic E-state index is 0. The van der Waals surface area contributed by atoms with Crippen LogP contribution in [0.25, 0.3) is 0 Å². The molecule has 4 N–H and O–H groups in total. The molecule has 0 aromatic heterocycles. The van der Waals surface area contributed by atoms with Gasteiger partial charge in [-0.15, -0.1) is 12.8 Å². The largest absolute Gasteiger partial charge is 0.481 e. The molecule has 0 aliphatic carbocycles. The highest BCUT2D eigenvalue weighted by atomic mass is 16.6. The minimum atomic E-state index is -0.809. The first-order valence-electron chi connectivity index (χ1n) is 17.2. The van der Waals surface area contributed by atoms with Crippen molar-refractivity contribution < 1.29 is 43.3 Å². The number of alkyl carbamates (subject to hydrolysis) is 1. The predicted octanol–water partition coefficient (Wildman–Crippen LogP) is 5.36. The highest BCUT2D eigenvalue weighted by Crippen LogP contribution is 2.06. The fraction of sp³-hybridized carbons (Fsp3) is 0.488. The van der Waals surface area contributed by atoms with Gasteiger partial charge in [-0.2, -0.15) is 0 Å². The zero-order valence-corrected chi connectivity index (χ0v) is 30.7. The molecule has 0 saturated carbocycles. The third-order valence-corrected chi connectivity index (χ3v) is 6.35. The van der Waals surface area contributed by atoms with Gasteiger partial charge in [0.1, 0.15) is 24.6 Å². The molecule has 1 amide bonds. The number of hydrogen-bond acceptors (Lipinski definition) is 10. The predicted molar refractivity (Wildman–Crippen MR) is 208 cm³/mol.